The van der Waals surface area contributed by atoms with Crippen LogP contribution in [0.3, 0.4) is 0 Å². The van der Waals surface area contributed by atoms with Gasteiger partial charge in [0.05, 0.1) is 4.92 Å². The Kier molecular flexibility index (Phi) is 3.65. The van der Waals surface area contributed by atoms with E-state index in [1.165, 1.54) is 12.1 Å². The first-order valence-corrected chi connectivity index (χ1v) is 5.66. The van der Waals surface area contributed by atoms with Crippen molar-refractivity contribution in [2.75, 3.05) is 5.32 Å². The molecule has 96 valence electrons. The molecule has 2 aromatic carbocycles. The van der Waals surface area contributed by atoms with E-state index in [9.17, 15) is 10.1 Å². The van der Waals surface area contributed by atoms with Crippen LogP contribution in [-0.2, 0) is 0 Å². The Morgan fingerprint density at radius 2 is 1.95 bits per heavy atom. The molecular formula is C15H9N3O2. The van der Waals surface area contributed by atoms with Gasteiger partial charge in [-0.1, -0.05) is 12.0 Å². The molecule has 0 saturated carbocycles. The maximum absolute atomic E-state index is 10.7. The highest BCUT2D eigenvalue weighted by atomic mass is 16.6. The van der Waals surface area contributed by atoms with Gasteiger partial charge in [-0.25, -0.2) is 0 Å². The molecule has 0 heterocycles. The van der Waals surface area contributed by atoms with Gasteiger partial charge in [-0.3, -0.25) is 10.1 Å². The van der Waals surface area contributed by atoms with Crippen LogP contribution >= 0.6 is 0 Å². The zero-order chi connectivity index (χ0) is 14.5. The lowest BCUT2D eigenvalue weighted by Gasteiger charge is -2.07. The van der Waals surface area contributed by atoms with Gasteiger partial charge in [0, 0.05) is 23.0 Å². The van der Waals surface area contributed by atoms with E-state index in [4.69, 9.17) is 11.7 Å². The Morgan fingerprint density at radius 1 is 1.20 bits per heavy atom. The number of terminal acetylenes is 1. The molecule has 2 aromatic rings. The third kappa shape index (κ3) is 2.74. The number of nitro benzene ring substituents is 1. The van der Waals surface area contributed by atoms with Crippen LogP contribution in [0.25, 0.3) is 0 Å². The Bertz CT molecular complexity index is 754. The minimum absolute atomic E-state index is 0.00750. The van der Waals surface area contributed by atoms with Gasteiger partial charge in [-0.05, 0) is 30.3 Å². The van der Waals surface area contributed by atoms with Gasteiger partial charge < -0.3 is 5.32 Å². The monoisotopic (exact) mass is 263 g/mol. The van der Waals surface area contributed by atoms with E-state index >= 15 is 0 Å². The summed E-state index contributed by atoms with van der Waals surface area (Å²) in [6.07, 6.45) is 5.32. The number of anilines is 2. The molecule has 0 spiro atoms. The maximum Gasteiger partial charge on any atom is 0.287 e. The lowest BCUT2D eigenvalue weighted by molar-refractivity contribution is -0.385. The molecular weight excluding hydrogens is 254 g/mol. The molecule has 0 bridgehead atoms. The molecule has 0 amide bonds. The van der Waals surface area contributed by atoms with Crippen LogP contribution in [0.1, 0.15) is 11.1 Å². The summed E-state index contributed by atoms with van der Waals surface area (Å²) >= 11 is 0. The van der Waals surface area contributed by atoms with Crippen molar-refractivity contribution in [1.82, 2.24) is 0 Å². The number of nitriles is 1. The summed E-state index contributed by atoms with van der Waals surface area (Å²) in [7, 11) is 0. The van der Waals surface area contributed by atoms with E-state index in [0.29, 0.717) is 5.69 Å². The fourth-order valence-corrected chi connectivity index (χ4v) is 1.72. The van der Waals surface area contributed by atoms with Crippen molar-refractivity contribution >= 4 is 17.1 Å². The number of hydrogen-bond donors (Lipinski definition) is 1. The number of benzene rings is 2. The van der Waals surface area contributed by atoms with Crippen LogP contribution in [0, 0.1) is 33.8 Å². The second kappa shape index (κ2) is 5.55. The standard InChI is InChI=1S/C15H9N3O2/c1-2-11-4-3-5-13(8-11)17-14-6-7-15(18(19)20)12(9-14)10-16/h1,3-9,17H. The number of nitro groups is 1. The van der Waals surface area contributed by atoms with Gasteiger partial charge in [0.1, 0.15) is 11.6 Å². The molecule has 0 saturated heterocycles. The topological polar surface area (TPSA) is 79.0 Å². The first-order chi connectivity index (χ1) is 9.63. The second-order valence-electron chi connectivity index (χ2n) is 3.95. The zero-order valence-electron chi connectivity index (χ0n) is 10.3. The predicted octanol–water partition coefficient (Wildman–Crippen LogP) is 3.19. The molecule has 5 nitrogen and oxygen atoms in total. The lowest BCUT2D eigenvalue weighted by atomic mass is 10.1. The van der Waals surface area contributed by atoms with Gasteiger partial charge in [0.2, 0.25) is 0 Å². The molecule has 0 atom stereocenters. The quantitative estimate of drug-likeness (QED) is 0.524. The minimum Gasteiger partial charge on any atom is -0.355 e. The Morgan fingerprint density at radius 3 is 2.60 bits per heavy atom. The van der Waals surface area contributed by atoms with E-state index in [0.717, 1.165) is 11.3 Å². The summed E-state index contributed by atoms with van der Waals surface area (Å²) in [6.45, 7) is 0. The fourth-order valence-electron chi connectivity index (χ4n) is 1.72. The molecule has 20 heavy (non-hydrogen) atoms. The molecule has 0 aliphatic carbocycles. The van der Waals surface area contributed by atoms with Crippen molar-refractivity contribution in [3.8, 4) is 18.4 Å². The molecule has 0 unspecified atom stereocenters. The predicted molar refractivity (Wildman–Crippen MR) is 75.5 cm³/mol. The van der Waals surface area contributed by atoms with Crippen LogP contribution in [0.4, 0.5) is 17.1 Å². The van der Waals surface area contributed by atoms with Crippen LogP contribution in [-0.4, -0.2) is 4.92 Å². The SMILES string of the molecule is C#Cc1cccc(Nc2ccc([N+](=O)[O-])c(C#N)c2)c1. The average Bonchev–Trinajstić information content (AvgIpc) is 2.47. The number of rotatable bonds is 3. The summed E-state index contributed by atoms with van der Waals surface area (Å²) in [4.78, 5) is 10.2. The Labute approximate surface area is 115 Å². The third-order valence-corrected chi connectivity index (χ3v) is 2.63. The summed E-state index contributed by atoms with van der Waals surface area (Å²) < 4.78 is 0. The number of hydrogen-bond acceptors (Lipinski definition) is 4. The second-order valence-corrected chi connectivity index (χ2v) is 3.95. The van der Waals surface area contributed by atoms with E-state index in [1.54, 1.807) is 24.3 Å². The largest absolute Gasteiger partial charge is 0.355 e. The van der Waals surface area contributed by atoms with Crippen molar-refractivity contribution < 1.29 is 4.92 Å². The van der Waals surface area contributed by atoms with Gasteiger partial charge in [0.25, 0.3) is 5.69 Å². The minimum atomic E-state index is -0.582. The van der Waals surface area contributed by atoms with Crippen LogP contribution in [0.15, 0.2) is 42.5 Å². The summed E-state index contributed by atoms with van der Waals surface area (Å²) in [5.74, 6) is 2.52. The molecule has 0 aliphatic heterocycles. The Hall–Kier alpha value is -3.31. The Balaban J connectivity index is 2.33. The first-order valence-electron chi connectivity index (χ1n) is 5.66. The normalized spacial score (nSPS) is 9.30. The van der Waals surface area contributed by atoms with E-state index < -0.39 is 4.92 Å². The molecule has 5 heteroatoms. The fraction of sp³-hybridized carbons (Fsp3) is 0. The smallest absolute Gasteiger partial charge is 0.287 e. The highest BCUT2D eigenvalue weighted by molar-refractivity contribution is 5.66. The molecule has 0 fully saturated rings. The van der Waals surface area contributed by atoms with Crippen molar-refractivity contribution in [2.45, 2.75) is 0 Å². The van der Waals surface area contributed by atoms with E-state index in [-0.39, 0.29) is 11.3 Å². The van der Waals surface area contributed by atoms with Crippen molar-refractivity contribution in [2.24, 2.45) is 0 Å². The molecule has 0 aliphatic rings. The zero-order valence-corrected chi connectivity index (χ0v) is 10.3. The van der Waals surface area contributed by atoms with E-state index in [1.807, 2.05) is 12.1 Å². The van der Waals surface area contributed by atoms with Crippen LogP contribution in [0.2, 0.25) is 0 Å². The summed E-state index contributed by atoms with van der Waals surface area (Å²) in [5.41, 5.74) is 1.85. The van der Waals surface area contributed by atoms with Gasteiger partial charge in [-0.15, -0.1) is 6.42 Å². The first kappa shape index (κ1) is 13.1. The number of nitrogens with one attached hydrogen (secondary N) is 1. The van der Waals surface area contributed by atoms with Crippen LogP contribution in [0.5, 0.6) is 0 Å². The average molecular weight is 263 g/mol. The van der Waals surface area contributed by atoms with Crippen molar-refractivity contribution in [3.63, 3.8) is 0 Å². The molecule has 1 N–H and O–H groups in total. The summed E-state index contributed by atoms with van der Waals surface area (Å²) in [5, 5.41) is 22.7. The van der Waals surface area contributed by atoms with Crippen LogP contribution < -0.4 is 5.32 Å². The van der Waals surface area contributed by atoms with Gasteiger partial charge in [-0.2, -0.15) is 5.26 Å². The molecule has 0 aromatic heterocycles. The maximum atomic E-state index is 10.7. The molecule has 2 rings (SSSR count). The van der Waals surface area contributed by atoms with Crippen molar-refractivity contribution in [1.29, 1.82) is 5.26 Å². The van der Waals surface area contributed by atoms with Gasteiger partial charge >= 0.3 is 0 Å². The van der Waals surface area contributed by atoms with E-state index in [2.05, 4.69) is 11.2 Å². The highest BCUT2D eigenvalue weighted by Crippen LogP contribution is 2.24. The van der Waals surface area contributed by atoms with Gasteiger partial charge in [0.15, 0.2) is 0 Å². The summed E-state index contributed by atoms with van der Waals surface area (Å²) in [6, 6.07) is 13.3. The lowest BCUT2D eigenvalue weighted by Crippen LogP contribution is -1.95. The van der Waals surface area contributed by atoms with Crippen molar-refractivity contribution in [3.05, 3.63) is 63.7 Å². The highest BCUT2D eigenvalue weighted by Gasteiger charge is 2.13. The molecule has 0 radical (unpaired) electrons. The third-order valence-electron chi connectivity index (χ3n) is 2.63. The number of nitrogens with zero attached hydrogens (tertiary/aromatic N) is 2.